The van der Waals surface area contributed by atoms with E-state index >= 15 is 0 Å². The van der Waals surface area contributed by atoms with Gasteiger partial charge in [0.1, 0.15) is 5.75 Å². The standard InChI is InChI=1S/C19H24BrNO/c1-3-4-5-14-21(15-16-6-8-17(20)9-7-16)18-10-12-19(22-2)13-11-18/h6-13H,3-5,14-15H2,1-2H3. The molecule has 0 fully saturated rings. The predicted octanol–water partition coefficient (Wildman–Crippen LogP) is 5.65. The molecule has 2 aromatic carbocycles. The summed E-state index contributed by atoms with van der Waals surface area (Å²) in [7, 11) is 1.70. The Morgan fingerprint density at radius 1 is 0.955 bits per heavy atom. The van der Waals surface area contributed by atoms with E-state index in [0.717, 1.165) is 23.3 Å². The van der Waals surface area contributed by atoms with E-state index < -0.39 is 0 Å². The van der Waals surface area contributed by atoms with Crippen LogP contribution in [-0.4, -0.2) is 13.7 Å². The van der Waals surface area contributed by atoms with Gasteiger partial charge in [0.15, 0.2) is 0 Å². The first-order valence-electron chi connectivity index (χ1n) is 7.86. The molecule has 0 unspecified atom stereocenters. The monoisotopic (exact) mass is 361 g/mol. The summed E-state index contributed by atoms with van der Waals surface area (Å²) in [4.78, 5) is 2.44. The number of rotatable bonds is 8. The summed E-state index contributed by atoms with van der Waals surface area (Å²) in [6, 6.07) is 16.9. The molecule has 0 radical (unpaired) electrons. The third kappa shape index (κ3) is 5.06. The molecule has 0 spiro atoms. The summed E-state index contributed by atoms with van der Waals surface area (Å²) < 4.78 is 6.38. The number of methoxy groups -OCH3 is 1. The van der Waals surface area contributed by atoms with E-state index in [9.17, 15) is 0 Å². The lowest BCUT2D eigenvalue weighted by Crippen LogP contribution is -2.23. The van der Waals surface area contributed by atoms with Crippen LogP contribution in [0.5, 0.6) is 5.75 Å². The van der Waals surface area contributed by atoms with Gasteiger partial charge in [-0.25, -0.2) is 0 Å². The van der Waals surface area contributed by atoms with Crippen molar-refractivity contribution in [3.8, 4) is 5.75 Å². The number of halogens is 1. The highest BCUT2D eigenvalue weighted by molar-refractivity contribution is 9.10. The van der Waals surface area contributed by atoms with Crippen molar-refractivity contribution in [1.82, 2.24) is 0 Å². The zero-order valence-electron chi connectivity index (χ0n) is 13.4. The highest BCUT2D eigenvalue weighted by atomic mass is 79.9. The van der Waals surface area contributed by atoms with Crippen LogP contribution in [0, 0.1) is 0 Å². The average Bonchev–Trinajstić information content (AvgIpc) is 2.56. The van der Waals surface area contributed by atoms with Crippen LogP contribution in [0.4, 0.5) is 5.69 Å². The van der Waals surface area contributed by atoms with Crippen molar-refractivity contribution in [2.24, 2.45) is 0 Å². The van der Waals surface area contributed by atoms with Gasteiger partial charge in [0.25, 0.3) is 0 Å². The van der Waals surface area contributed by atoms with Crippen LogP contribution < -0.4 is 9.64 Å². The Kier molecular flexibility index (Phi) is 6.78. The lowest BCUT2D eigenvalue weighted by Gasteiger charge is -2.25. The maximum atomic E-state index is 5.26. The molecule has 0 aliphatic heterocycles. The molecule has 0 amide bonds. The summed E-state index contributed by atoms with van der Waals surface area (Å²) in [6.07, 6.45) is 3.74. The molecule has 0 N–H and O–H groups in total. The lowest BCUT2D eigenvalue weighted by molar-refractivity contribution is 0.415. The molecular weight excluding hydrogens is 338 g/mol. The van der Waals surface area contributed by atoms with Crippen LogP contribution in [0.3, 0.4) is 0 Å². The van der Waals surface area contributed by atoms with Gasteiger partial charge in [-0.05, 0) is 48.4 Å². The molecule has 22 heavy (non-hydrogen) atoms. The van der Waals surface area contributed by atoms with Crippen molar-refractivity contribution in [2.45, 2.75) is 32.7 Å². The van der Waals surface area contributed by atoms with Gasteiger partial charge in [-0.2, -0.15) is 0 Å². The van der Waals surface area contributed by atoms with Gasteiger partial charge in [0.2, 0.25) is 0 Å². The first-order valence-corrected chi connectivity index (χ1v) is 8.65. The molecule has 0 aliphatic rings. The number of unbranched alkanes of at least 4 members (excludes halogenated alkanes) is 2. The van der Waals surface area contributed by atoms with Crippen LogP contribution in [0.1, 0.15) is 31.7 Å². The maximum absolute atomic E-state index is 5.26. The van der Waals surface area contributed by atoms with Crippen molar-refractivity contribution in [3.05, 3.63) is 58.6 Å². The van der Waals surface area contributed by atoms with Crippen molar-refractivity contribution in [3.63, 3.8) is 0 Å². The van der Waals surface area contributed by atoms with Crippen molar-refractivity contribution >= 4 is 21.6 Å². The van der Waals surface area contributed by atoms with Gasteiger partial charge in [0, 0.05) is 23.2 Å². The molecule has 2 aromatic rings. The molecule has 0 saturated heterocycles. The van der Waals surface area contributed by atoms with Gasteiger partial charge in [-0.15, -0.1) is 0 Å². The van der Waals surface area contributed by atoms with Crippen molar-refractivity contribution in [2.75, 3.05) is 18.6 Å². The molecule has 0 aliphatic carbocycles. The Morgan fingerprint density at radius 3 is 2.23 bits per heavy atom. The highest BCUT2D eigenvalue weighted by Gasteiger charge is 2.08. The number of hydrogen-bond donors (Lipinski definition) is 0. The van der Waals surface area contributed by atoms with E-state index in [1.807, 2.05) is 12.1 Å². The van der Waals surface area contributed by atoms with Crippen molar-refractivity contribution < 1.29 is 4.74 Å². The van der Waals surface area contributed by atoms with Gasteiger partial charge in [0.05, 0.1) is 7.11 Å². The second kappa shape index (κ2) is 8.84. The van der Waals surface area contributed by atoms with Crippen LogP contribution in [0.25, 0.3) is 0 Å². The van der Waals surface area contributed by atoms with Gasteiger partial charge in [-0.3, -0.25) is 0 Å². The third-order valence-electron chi connectivity index (χ3n) is 3.76. The quantitative estimate of drug-likeness (QED) is 0.562. The van der Waals surface area contributed by atoms with Gasteiger partial charge in [-0.1, -0.05) is 47.8 Å². The molecule has 2 nitrogen and oxygen atoms in total. The number of hydrogen-bond acceptors (Lipinski definition) is 2. The summed E-state index contributed by atoms with van der Waals surface area (Å²) in [5.41, 5.74) is 2.58. The molecule has 118 valence electrons. The number of nitrogens with zero attached hydrogens (tertiary/aromatic N) is 1. The lowest BCUT2D eigenvalue weighted by atomic mass is 10.1. The maximum Gasteiger partial charge on any atom is 0.119 e. The Labute approximate surface area is 142 Å². The summed E-state index contributed by atoms with van der Waals surface area (Å²) >= 11 is 3.50. The number of ether oxygens (including phenoxy) is 1. The molecule has 0 atom stereocenters. The minimum Gasteiger partial charge on any atom is -0.497 e. The largest absolute Gasteiger partial charge is 0.497 e. The van der Waals surface area contributed by atoms with E-state index in [1.165, 1.54) is 30.5 Å². The average molecular weight is 362 g/mol. The fourth-order valence-corrected chi connectivity index (χ4v) is 2.72. The molecule has 0 saturated carbocycles. The second-order valence-electron chi connectivity index (χ2n) is 5.45. The minimum absolute atomic E-state index is 0.904. The van der Waals surface area contributed by atoms with Crippen LogP contribution in [-0.2, 0) is 6.54 Å². The molecular formula is C19H24BrNO. The number of benzene rings is 2. The molecule has 0 aromatic heterocycles. The fraction of sp³-hybridized carbons (Fsp3) is 0.368. The summed E-state index contributed by atoms with van der Waals surface area (Å²) in [5, 5.41) is 0. The topological polar surface area (TPSA) is 12.5 Å². The van der Waals surface area contributed by atoms with Crippen molar-refractivity contribution in [1.29, 1.82) is 0 Å². The SMILES string of the molecule is CCCCCN(Cc1ccc(Br)cc1)c1ccc(OC)cc1. The zero-order chi connectivity index (χ0) is 15.8. The zero-order valence-corrected chi connectivity index (χ0v) is 15.0. The molecule has 0 heterocycles. The molecule has 0 bridgehead atoms. The van der Waals surface area contributed by atoms with E-state index in [1.54, 1.807) is 7.11 Å². The van der Waals surface area contributed by atoms with Gasteiger partial charge >= 0.3 is 0 Å². The van der Waals surface area contributed by atoms with Crippen LogP contribution in [0.2, 0.25) is 0 Å². The predicted molar refractivity (Wildman–Crippen MR) is 97.7 cm³/mol. The molecule has 2 rings (SSSR count). The van der Waals surface area contributed by atoms with E-state index in [-0.39, 0.29) is 0 Å². The minimum atomic E-state index is 0.904. The Hall–Kier alpha value is -1.48. The fourth-order valence-electron chi connectivity index (χ4n) is 2.46. The first kappa shape index (κ1) is 16.9. The highest BCUT2D eigenvalue weighted by Crippen LogP contribution is 2.22. The smallest absolute Gasteiger partial charge is 0.119 e. The van der Waals surface area contributed by atoms with E-state index in [4.69, 9.17) is 4.74 Å². The third-order valence-corrected chi connectivity index (χ3v) is 4.28. The Balaban J connectivity index is 2.11. The van der Waals surface area contributed by atoms with Gasteiger partial charge < -0.3 is 9.64 Å². The van der Waals surface area contributed by atoms with Crippen LogP contribution in [0.15, 0.2) is 53.0 Å². The Morgan fingerprint density at radius 2 is 1.64 bits per heavy atom. The van der Waals surface area contributed by atoms with E-state index in [2.05, 4.69) is 64.2 Å². The normalized spacial score (nSPS) is 10.5. The second-order valence-corrected chi connectivity index (χ2v) is 6.37. The first-order chi connectivity index (χ1) is 10.7. The summed E-state index contributed by atoms with van der Waals surface area (Å²) in [5.74, 6) is 0.904. The van der Waals surface area contributed by atoms with E-state index in [0.29, 0.717) is 0 Å². The molecule has 3 heteroatoms. The Bertz CT molecular complexity index is 551. The number of anilines is 1. The van der Waals surface area contributed by atoms with Crippen LogP contribution >= 0.6 is 15.9 Å². The summed E-state index contributed by atoms with van der Waals surface area (Å²) in [6.45, 7) is 4.26.